The predicted octanol–water partition coefficient (Wildman–Crippen LogP) is 3.44. The molecule has 0 radical (unpaired) electrons. The van der Waals surface area contributed by atoms with Crippen LogP contribution < -0.4 is 10.6 Å². The van der Waals surface area contributed by atoms with Crippen molar-refractivity contribution >= 4 is 6.01 Å². The summed E-state index contributed by atoms with van der Waals surface area (Å²) in [6.45, 7) is 6.79. The zero-order valence-electron chi connectivity index (χ0n) is 12.6. The molecule has 0 aliphatic carbocycles. The fourth-order valence-electron chi connectivity index (χ4n) is 2.01. The van der Waals surface area contributed by atoms with Gasteiger partial charge in [0.2, 0.25) is 5.89 Å². The molecule has 0 bridgehead atoms. The first-order valence-corrected chi connectivity index (χ1v) is 7.19. The second-order valence-corrected chi connectivity index (χ2v) is 5.01. The smallest absolute Gasteiger partial charge is 0.316 e. The summed E-state index contributed by atoms with van der Waals surface area (Å²) < 4.78 is 19.3. The zero-order valence-corrected chi connectivity index (χ0v) is 12.6. The van der Waals surface area contributed by atoms with Gasteiger partial charge in [-0.3, -0.25) is 0 Å². The van der Waals surface area contributed by atoms with Crippen molar-refractivity contribution in [2.75, 3.05) is 11.9 Å². The van der Waals surface area contributed by atoms with Crippen LogP contribution in [0.25, 0.3) is 0 Å². The molecule has 0 fully saturated rings. The average Bonchev–Trinajstić information content (AvgIpc) is 2.93. The molecule has 1 heterocycles. The predicted molar refractivity (Wildman–Crippen MR) is 79.4 cm³/mol. The molecule has 6 heteroatoms. The molecule has 0 amide bonds. The summed E-state index contributed by atoms with van der Waals surface area (Å²) in [4.78, 5) is 0. The van der Waals surface area contributed by atoms with Crippen molar-refractivity contribution in [1.82, 2.24) is 15.5 Å². The van der Waals surface area contributed by atoms with Gasteiger partial charge in [0, 0.05) is 5.56 Å². The quantitative estimate of drug-likeness (QED) is 0.818. The molecular formula is C15H21FN4O. The number of rotatable bonds is 7. The van der Waals surface area contributed by atoms with Gasteiger partial charge in [0.05, 0.1) is 12.1 Å². The van der Waals surface area contributed by atoms with Crippen molar-refractivity contribution in [2.45, 2.75) is 39.3 Å². The van der Waals surface area contributed by atoms with E-state index in [-0.39, 0.29) is 17.9 Å². The first-order valence-electron chi connectivity index (χ1n) is 7.19. The topological polar surface area (TPSA) is 63.0 Å². The number of halogens is 1. The van der Waals surface area contributed by atoms with E-state index < -0.39 is 0 Å². The van der Waals surface area contributed by atoms with Crippen molar-refractivity contribution in [3.8, 4) is 0 Å². The van der Waals surface area contributed by atoms with Gasteiger partial charge in [-0.25, -0.2) is 4.39 Å². The van der Waals surface area contributed by atoms with Crippen molar-refractivity contribution in [3.63, 3.8) is 0 Å². The SMILES string of the molecule is CCCNC(C)c1nnc(NC(C)c2ccccc2F)o1. The lowest BCUT2D eigenvalue weighted by Gasteiger charge is -2.13. The molecule has 21 heavy (non-hydrogen) atoms. The van der Waals surface area contributed by atoms with E-state index in [1.165, 1.54) is 6.07 Å². The molecular weight excluding hydrogens is 271 g/mol. The van der Waals surface area contributed by atoms with Crippen LogP contribution in [-0.2, 0) is 0 Å². The zero-order chi connectivity index (χ0) is 15.2. The van der Waals surface area contributed by atoms with Gasteiger partial charge < -0.3 is 15.1 Å². The molecule has 2 rings (SSSR count). The molecule has 0 saturated carbocycles. The van der Waals surface area contributed by atoms with Gasteiger partial charge in [-0.05, 0) is 32.9 Å². The van der Waals surface area contributed by atoms with Crippen LogP contribution in [0.15, 0.2) is 28.7 Å². The van der Waals surface area contributed by atoms with E-state index in [4.69, 9.17) is 4.42 Å². The highest BCUT2D eigenvalue weighted by molar-refractivity contribution is 5.29. The van der Waals surface area contributed by atoms with E-state index in [0.29, 0.717) is 17.5 Å². The lowest BCUT2D eigenvalue weighted by Crippen LogP contribution is -2.19. The van der Waals surface area contributed by atoms with Crippen molar-refractivity contribution < 1.29 is 8.81 Å². The largest absolute Gasteiger partial charge is 0.406 e. The molecule has 1 aromatic carbocycles. The van der Waals surface area contributed by atoms with Gasteiger partial charge in [-0.2, -0.15) is 0 Å². The highest BCUT2D eigenvalue weighted by atomic mass is 19.1. The second-order valence-electron chi connectivity index (χ2n) is 5.01. The van der Waals surface area contributed by atoms with E-state index >= 15 is 0 Å². The lowest BCUT2D eigenvalue weighted by atomic mass is 10.1. The van der Waals surface area contributed by atoms with Crippen molar-refractivity contribution in [1.29, 1.82) is 0 Å². The average molecular weight is 292 g/mol. The number of hydrogen-bond acceptors (Lipinski definition) is 5. The Balaban J connectivity index is 2.00. The molecule has 2 aromatic rings. The fraction of sp³-hybridized carbons (Fsp3) is 0.467. The van der Waals surface area contributed by atoms with E-state index in [2.05, 4.69) is 27.8 Å². The maximum atomic E-state index is 13.7. The number of hydrogen-bond donors (Lipinski definition) is 2. The summed E-state index contributed by atoms with van der Waals surface area (Å²) in [6, 6.07) is 6.67. The molecule has 2 N–H and O–H groups in total. The third-order valence-electron chi connectivity index (χ3n) is 3.22. The first-order chi connectivity index (χ1) is 10.1. The van der Waals surface area contributed by atoms with Crippen molar-refractivity contribution in [2.24, 2.45) is 0 Å². The summed E-state index contributed by atoms with van der Waals surface area (Å²) >= 11 is 0. The fourth-order valence-corrected chi connectivity index (χ4v) is 2.01. The van der Waals surface area contributed by atoms with E-state index in [9.17, 15) is 4.39 Å². The Kier molecular flexibility index (Phi) is 5.27. The van der Waals surface area contributed by atoms with E-state index in [1.54, 1.807) is 18.2 Å². The summed E-state index contributed by atoms with van der Waals surface area (Å²) in [5.41, 5.74) is 0.564. The minimum atomic E-state index is -0.254. The van der Waals surface area contributed by atoms with Gasteiger partial charge in [0.25, 0.3) is 0 Å². The lowest BCUT2D eigenvalue weighted by molar-refractivity contribution is 0.421. The summed E-state index contributed by atoms with van der Waals surface area (Å²) in [7, 11) is 0. The molecule has 0 aliphatic rings. The van der Waals surface area contributed by atoms with Crippen LogP contribution in [0.1, 0.15) is 50.7 Å². The normalized spacial score (nSPS) is 13.9. The molecule has 2 atom stereocenters. The highest BCUT2D eigenvalue weighted by Crippen LogP contribution is 2.22. The van der Waals surface area contributed by atoms with Crippen LogP contribution >= 0.6 is 0 Å². The van der Waals surface area contributed by atoms with Crippen LogP contribution in [-0.4, -0.2) is 16.7 Å². The molecule has 114 valence electrons. The Bertz CT molecular complexity index is 572. The Labute approximate surface area is 124 Å². The van der Waals surface area contributed by atoms with Crippen LogP contribution in [0.4, 0.5) is 10.4 Å². The number of benzene rings is 1. The molecule has 0 aliphatic heterocycles. The van der Waals surface area contributed by atoms with Gasteiger partial charge >= 0.3 is 6.01 Å². The molecule has 0 saturated heterocycles. The highest BCUT2D eigenvalue weighted by Gasteiger charge is 2.16. The maximum Gasteiger partial charge on any atom is 0.316 e. The molecule has 0 spiro atoms. The minimum Gasteiger partial charge on any atom is -0.406 e. The van der Waals surface area contributed by atoms with Gasteiger partial charge in [-0.15, -0.1) is 5.10 Å². The number of aromatic nitrogens is 2. The number of anilines is 1. The summed E-state index contributed by atoms with van der Waals surface area (Å²) in [5, 5.41) is 14.2. The van der Waals surface area contributed by atoms with Crippen molar-refractivity contribution in [3.05, 3.63) is 41.5 Å². The van der Waals surface area contributed by atoms with Gasteiger partial charge in [-0.1, -0.05) is 30.2 Å². The Morgan fingerprint density at radius 1 is 1.19 bits per heavy atom. The third-order valence-corrected chi connectivity index (χ3v) is 3.22. The van der Waals surface area contributed by atoms with Gasteiger partial charge in [0.1, 0.15) is 5.82 Å². The Morgan fingerprint density at radius 3 is 2.67 bits per heavy atom. The summed E-state index contributed by atoms with van der Waals surface area (Å²) in [6.07, 6.45) is 1.04. The molecule has 5 nitrogen and oxygen atoms in total. The Morgan fingerprint density at radius 2 is 1.95 bits per heavy atom. The maximum absolute atomic E-state index is 13.7. The van der Waals surface area contributed by atoms with E-state index in [1.807, 2.05) is 13.8 Å². The Hall–Kier alpha value is -1.95. The number of nitrogens with one attached hydrogen (secondary N) is 2. The summed E-state index contributed by atoms with van der Waals surface area (Å²) in [5.74, 6) is 0.266. The standard InChI is InChI=1S/C15H21FN4O/c1-4-9-17-11(3)14-19-20-15(21-14)18-10(2)12-7-5-6-8-13(12)16/h5-8,10-11,17H,4,9H2,1-3H3,(H,18,20). The number of nitrogens with zero attached hydrogens (tertiary/aromatic N) is 2. The first kappa shape index (κ1) is 15.4. The van der Waals surface area contributed by atoms with E-state index in [0.717, 1.165) is 13.0 Å². The molecule has 1 aromatic heterocycles. The molecule has 2 unspecified atom stereocenters. The van der Waals surface area contributed by atoms with Crippen LogP contribution in [0.2, 0.25) is 0 Å². The van der Waals surface area contributed by atoms with Crippen LogP contribution in [0.5, 0.6) is 0 Å². The second kappa shape index (κ2) is 7.17. The minimum absolute atomic E-state index is 0.00299. The monoisotopic (exact) mass is 292 g/mol. The third kappa shape index (κ3) is 4.01. The van der Waals surface area contributed by atoms with Gasteiger partial charge in [0.15, 0.2) is 0 Å². The van der Waals surface area contributed by atoms with Crippen LogP contribution in [0.3, 0.4) is 0 Å². The van der Waals surface area contributed by atoms with Crippen LogP contribution in [0, 0.1) is 5.82 Å².